The molecule has 0 aliphatic heterocycles. The van der Waals surface area contributed by atoms with Gasteiger partial charge in [0.05, 0.1) is 11.9 Å². The minimum atomic E-state index is -1.01. The Hall–Kier alpha value is -1.88. The molecule has 2 N–H and O–H groups in total. The predicted molar refractivity (Wildman–Crippen MR) is 60.1 cm³/mol. The number of nitrogen functional groups attached to an aromatic ring is 1. The second-order valence-corrected chi connectivity index (χ2v) is 3.64. The molecule has 1 aromatic heterocycles. The van der Waals surface area contributed by atoms with Gasteiger partial charge in [0.15, 0.2) is 11.6 Å². The maximum absolute atomic E-state index is 12.9. The third-order valence-corrected chi connectivity index (χ3v) is 2.20. The largest absolute Gasteiger partial charge is 0.437 e. The molecule has 0 atom stereocenters. The zero-order valence-electron chi connectivity index (χ0n) is 8.45. The van der Waals surface area contributed by atoms with Crippen LogP contribution in [0.1, 0.15) is 0 Å². The molecule has 0 spiro atoms. The van der Waals surface area contributed by atoms with Crippen molar-refractivity contribution in [3.63, 3.8) is 0 Å². The van der Waals surface area contributed by atoms with E-state index >= 15 is 0 Å². The Morgan fingerprint density at radius 3 is 2.59 bits per heavy atom. The Morgan fingerprint density at radius 2 is 1.94 bits per heavy atom. The number of pyridine rings is 1. The third-order valence-electron chi connectivity index (χ3n) is 1.93. The van der Waals surface area contributed by atoms with E-state index < -0.39 is 11.6 Å². The van der Waals surface area contributed by atoms with Gasteiger partial charge in [-0.15, -0.1) is 0 Å². The predicted octanol–water partition coefficient (Wildman–Crippen LogP) is 3.39. The summed E-state index contributed by atoms with van der Waals surface area (Å²) in [4.78, 5) is 3.83. The van der Waals surface area contributed by atoms with Gasteiger partial charge in [0.25, 0.3) is 0 Å². The quantitative estimate of drug-likeness (QED) is 0.896. The Balaban J connectivity index is 2.28. The molecule has 3 nitrogen and oxygen atoms in total. The summed E-state index contributed by atoms with van der Waals surface area (Å²) in [6, 6.07) is 4.58. The maximum atomic E-state index is 12.9. The van der Waals surface area contributed by atoms with E-state index in [-0.39, 0.29) is 16.7 Å². The van der Waals surface area contributed by atoms with Crippen molar-refractivity contribution >= 4 is 17.3 Å². The summed E-state index contributed by atoms with van der Waals surface area (Å²) in [7, 11) is 0. The highest BCUT2D eigenvalue weighted by atomic mass is 35.5. The average Bonchev–Trinajstić information content (AvgIpc) is 2.27. The number of aromatic nitrogens is 1. The van der Waals surface area contributed by atoms with Crippen molar-refractivity contribution in [3.8, 4) is 11.6 Å². The van der Waals surface area contributed by atoms with Crippen molar-refractivity contribution in [2.75, 3.05) is 5.73 Å². The number of anilines is 1. The van der Waals surface area contributed by atoms with Crippen molar-refractivity contribution in [2.24, 2.45) is 0 Å². The normalized spacial score (nSPS) is 10.3. The fraction of sp³-hybridized carbons (Fsp3) is 0. The first-order chi connectivity index (χ1) is 8.06. The van der Waals surface area contributed by atoms with Crippen LogP contribution in [0.2, 0.25) is 5.02 Å². The Bertz CT molecular complexity index is 563. The van der Waals surface area contributed by atoms with Crippen LogP contribution in [-0.2, 0) is 0 Å². The summed E-state index contributed by atoms with van der Waals surface area (Å²) in [5, 5.41) is 0.190. The number of ether oxygens (including phenoxy) is 1. The molecule has 6 heteroatoms. The van der Waals surface area contributed by atoms with E-state index in [1.165, 1.54) is 18.3 Å². The third kappa shape index (κ3) is 2.62. The Labute approximate surface area is 101 Å². The first-order valence-electron chi connectivity index (χ1n) is 4.60. The number of nitrogens with zero attached hydrogens (tertiary/aromatic N) is 1. The monoisotopic (exact) mass is 256 g/mol. The van der Waals surface area contributed by atoms with Gasteiger partial charge in [0.2, 0.25) is 5.88 Å². The minimum absolute atomic E-state index is 0.0758. The number of benzene rings is 1. The van der Waals surface area contributed by atoms with Crippen LogP contribution in [0.3, 0.4) is 0 Å². The fourth-order valence-corrected chi connectivity index (χ4v) is 1.38. The lowest BCUT2D eigenvalue weighted by molar-refractivity contribution is 0.448. The number of hydrogen-bond donors (Lipinski definition) is 1. The van der Waals surface area contributed by atoms with E-state index in [0.29, 0.717) is 5.69 Å². The summed E-state index contributed by atoms with van der Waals surface area (Å²) >= 11 is 5.82. The molecular weight excluding hydrogens is 250 g/mol. The molecule has 17 heavy (non-hydrogen) atoms. The van der Waals surface area contributed by atoms with Crippen molar-refractivity contribution in [1.82, 2.24) is 4.98 Å². The molecule has 0 saturated carbocycles. The topological polar surface area (TPSA) is 48.1 Å². The molecule has 2 aromatic rings. The molecule has 88 valence electrons. The molecule has 0 saturated heterocycles. The summed E-state index contributed by atoms with van der Waals surface area (Å²) in [6.07, 6.45) is 1.35. The van der Waals surface area contributed by atoms with Crippen molar-refractivity contribution in [2.45, 2.75) is 0 Å². The fourth-order valence-electron chi connectivity index (χ4n) is 1.17. The summed E-state index contributed by atoms with van der Waals surface area (Å²) in [5.41, 5.74) is 5.83. The van der Waals surface area contributed by atoms with E-state index in [1.807, 2.05) is 0 Å². The van der Waals surface area contributed by atoms with Gasteiger partial charge in [-0.2, -0.15) is 0 Å². The van der Waals surface area contributed by atoms with Crippen LogP contribution in [0.25, 0.3) is 0 Å². The van der Waals surface area contributed by atoms with Crippen molar-refractivity contribution in [1.29, 1.82) is 0 Å². The van der Waals surface area contributed by atoms with Crippen LogP contribution in [-0.4, -0.2) is 4.98 Å². The van der Waals surface area contributed by atoms with E-state index in [0.717, 1.165) is 12.1 Å². The maximum Gasteiger partial charge on any atom is 0.238 e. The molecule has 0 radical (unpaired) electrons. The molecule has 1 aromatic carbocycles. The lowest BCUT2D eigenvalue weighted by Crippen LogP contribution is -1.93. The molecule has 0 aliphatic rings. The smallest absolute Gasteiger partial charge is 0.238 e. The highest BCUT2D eigenvalue weighted by Gasteiger charge is 2.08. The first-order valence-corrected chi connectivity index (χ1v) is 4.98. The second kappa shape index (κ2) is 4.55. The molecule has 0 aliphatic carbocycles. The SMILES string of the molecule is Nc1cnc(Oc2ccc(F)c(F)c2)c(Cl)c1. The first kappa shape index (κ1) is 11.6. The molecule has 0 amide bonds. The van der Waals surface area contributed by atoms with E-state index in [1.54, 1.807) is 0 Å². The van der Waals surface area contributed by atoms with E-state index in [4.69, 9.17) is 22.1 Å². The lowest BCUT2D eigenvalue weighted by atomic mass is 10.3. The van der Waals surface area contributed by atoms with Gasteiger partial charge in [-0.1, -0.05) is 11.6 Å². The van der Waals surface area contributed by atoms with Gasteiger partial charge in [-0.05, 0) is 18.2 Å². The van der Waals surface area contributed by atoms with Gasteiger partial charge in [-0.25, -0.2) is 13.8 Å². The number of hydrogen-bond acceptors (Lipinski definition) is 3. The highest BCUT2D eigenvalue weighted by molar-refractivity contribution is 6.32. The summed E-state index contributed by atoms with van der Waals surface area (Å²) < 4.78 is 30.8. The van der Waals surface area contributed by atoms with Gasteiger partial charge in [0, 0.05) is 6.07 Å². The number of halogens is 3. The zero-order chi connectivity index (χ0) is 12.4. The number of nitrogens with two attached hydrogens (primary N) is 1. The lowest BCUT2D eigenvalue weighted by Gasteiger charge is -2.06. The van der Waals surface area contributed by atoms with Crippen LogP contribution in [0.4, 0.5) is 14.5 Å². The van der Waals surface area contributed by atoms with Crippen molar-refractivity contribution < 1.29 is 13.5 Å². The second-order valence-electron chi connectivity index (χ2n) is 3.23. The Morgan fingerprint density at radius 1 is 1.18 bits per heavy atom. The van der Waals surface area contributed by atoms with Crippen LogP contribution in [0, 0.1) is 11.6 Å². The number of rotatable bonds is 2. The highest BCUT2D eigenvalue weighted by Crippen LogP contribution is 2.28. The molecule has 2 rings (SSSR count). The van der Waals surface area contributed by atoms with Crippen molar-refractivity contribution in [3.05, 3.63) is 47.1 Å². The molecule has 1 heterocycles. The van der Waals surface area contributed by atoms with Gasteiger partial charge in [-0.3, -0.25) is 0 Å². The minimum Gasteiger partial charge on any atom is -0.437 e. The standard InChI is InChI=1S/C11H7ClF2N2O/c12-8-3-6(15)5-16-11(8)17-7-1-2-9(13)10(14)4-7/h1-5H,15H2. The van der Waals surface area contributed by atoms with Crippen LogP contribution in [0.5, 0.6) is 11.6 Å². The zero-order valence-corrected chi connectivity index (χ0v) is 9.21. The van der Waals surface area contributed by atoms with Crippen LogP contribution >= 0.6 is 11.6 Å². The molecule has 0 bridgehead atoms. The van der Waals surface area contributed by atoms with E-state index in [2.05, 4.69) is 4.98 Å². The van der Waals surface area contributed by atoms with Crippen LogP contribution < -0.4 is 10.5 Å². The summed E-state index contributed by atoms with van der Waals surface area (Å²) in [6.45, 7) is 0. The van der Waals surface area contributed by atoms with Crippen LogP contribution in [0.15, 0.2) is 30.5 Å². The molecular formula is C11H7ClF2N2O. The summed E-state index contributed by atoms with van der Waals surface area (Å²) in [5.74, 6) is -1.78. The Kier molecular flexibility index (Phi) is 3.10. The average molecular weight is 257 g/mol. The van der Waals surface area contributed by atoms with Gasteiger partial charge in [0.1, 0.15) is 10.8 Å². The van der Waals surface area contributed by atoms with Gasteiger partial charge >= 0.3 is 0 Å². The molecule has 0 fully saturated rings. The molecule has 0 unspecified atom stereocenters. The van der Waals surface area contributed by atoms with Gasteiger partial charge < -0.3 is 10.5 Å². The van der Waals surface area contributed by atoms with E-state index in [9.17, 15) is 8.78 Å².